The predicted molar refractivity (Wildman–Crippen MR) is 67.4 cm³/mol. The van der Waals surface area contributed by atoms with E-state index in [9.17, 15) is 0 Å². The Morgan fingerprint density at radius 1 is 1.56 bits per heavy atom. The largest absolute Gasteiger partial charge is 0.394 e. The Bertz CT molecular complexity index is 502. The Kier molecular flexibility index (Phi) is 3.28. The molecule has 4 nitrogen and oxygen atoms in total. The minimum atomic E-state index is -0.00549. The Labute approximate surface area is 103 Å². The van der Waals surface area contributed by atoms with E-state index < -0.39 is 0 Å². The highest BCUT2D eigenvalue weighted by atomic mass is 35.5. The van der Waals surface area contributed by atoms with Crippen LogP contribution in [0.5, 0.6) is 0 Å². The van der Waals surface area contributed by atoms with E-state index in [2.05, 4.69) is 9.97 Å². The van der Waals surface area contributed by atoms with E-state index in [1.807, 2.05) is 30.3 Å². The van der Waals surface area contributed by atoms with Crippen molar-refractivity contribution in [1.29, 1.82) is 0 Å². The molecule has 2 aromatic rings. The molecule has 2 aromatic heterocycles. The molecule has 0 saturated carbocycles. The molecule has 6 heteroatoms. The fourth-order valence-electron chi connectivity index (χ4n) is 1.41. The fourth-order valence-corrected chi connectivity index (χ4v) is 2.39. The number of aliphatic hydroxyl groups is 1. The van der Waals surface area contributed by atoms with E-state index in [0.29, 0.717) is 0 Å². The molecule has 0 saturated heterocycles. The van der Waals surface area contributed by atoms with E-state index in [1.54, 1.807) is 0 Å². The molecule has 0 fully saturated rings. The number of aromatic nitrogens is 2. The Hall–Kier alpha value is -0.910. The van der Waals surface area contributed by atoms with Gasteiger partial charge in [0.25, 0.3) is 0 Å². The summed E-state index contributed by atoms with van der Waals surface area (Å²) in [7, 11) is 1.89. The van der Waals surface area contributed by atoms with Crippen molar-refractivity contribution in [2.45, 2.75) is 13.0 Å². The van der Waals surface area contributed by atoms with Crippen LogP contribution in [0.1, 0.15) is 6.92 Å². The van der Waals surface area contributed by atoms with Crippen LogP contribution in [0.2, 0.25) is 5.28 Å². The second kappa shape index (κ2) is 4.53. The number of hydrogen-bond acceptors (Lipinski definition) is 5. The molecule has 0 aromatic carbocycles. The average Bonchev–Trinajstić information content (AvgIpc) is 2.73. The molecule has 86 valence electrons. The van der Waals surface area contributed by atoms with Gasteiger partial charge in [-0.05, 0) is 30.0 Å². The number of halogens is 1. The van der Waals surface area contributed by atoms with E-state index in [-0.39, 0.29) is 17.9 Å². The number of fused-ring (bicyclic) bond motifs is 1. The molecule has 0 radical (unpaired) electrons. The summed E-state index contributed by atoms with van der Waals surface area (Å²) in [5, 5.41) is 12.3. The number of anilines is 1. The Morgan fingerprint density at radius 3 is 3.00 bits per heavy atom. The van der Waals surface area contributed by atoms with Gasteiger partial charge in [0, 0.05) is 7.05 Å². The average molecular weight is 258 g/mol. The first-order valence-corrected chi connectivity index (χ1v) is 6.13. The molecule has 0 aliphatic carbocycles. The van der Waals surface area contributed by atoms with E-state index in [1.165, 1.54) is 11.3 Å². The van der Waals surface area contributed by atoms with Gasteiger partial charge in [-0.15, -0.1) is 11.3 Å². The summed E-state index contributed by atoms with van der Waals surface area (Å²) in [6.07, 6.45) is 0. The van der Waals surface area contributed by atoms with Gasteiger partial charge < -0.3 is 10.0 Å². The summed E-state index contributed by atoms with van der Waals surface area (Å²) in [6.45, 7) is 2.00. The number of rotatable bonds is 3. The summed E-state index contributed by atoms with van der Waals surface area (Å²) in [5.41, 5.74) is 0. The van der Waals surface area contributed by atoms with Crippen molar-refractivity contribution in [2.75, 3.05) is 18.6 Å². The zero-order valence-corrected chi connectivity index (χ0v) is 10.6. The maximum atomic E-state index is 9.14. The van der Waals surface area contributed by atoms with Gasteiger partial charge in [-0.2, -0.15) is 4.98 Å². The molecule has 0 bridgehead atoms. The van der Waals surface area contributed by atoms with Gasteiger partial charge in [-0.25, -0.2) is 4.98 Å². The summed E-state index contributed by atoms with van der Waals surface area (Å²) in [5.74, 6) is 0.762. The first kappa shape index (κ1) is 11.6. The van der Waals surface area contributed by atoms with Crippen LogP contribution in [0.15, 0.2) is 11.4 Å². The Balaban J connectivity index is 2.53. The number of aliphatic hydroxyl groups excluding tert-OH is 1. The molecular formula is C10H12ClN3OS. The number of hydrogen-bond donors (Lipinski definition) is 1. The lowest BCUT2D eigenvalue weighted by Crippen LogP contribution is -2.32. The van der Waals surface area contributed by atoms with Crippen molar-refractivity contribution in [1.82, 2.24) is 9.97 Å². The standard InChI is InChI=1S/C10H12ClN3OS/c1-6(5-15)14(2)8-7-3-4-16-9(7)13-10(11)12-8/h3-4,6,15H,5H2,1-2H3. The van der Waals surface area contributed by atoms with Crippen LogP contribution in [0.4, 0.5) is 5.82 Å². The number of thiophene rings is 1. The van der Waals surface area contributed by atoms with Crippen molar-refractivity contribution < 1.29 is 5.11 Å². The molecule has 2 heterocycles. The van der Waals surface area contributed by atoms with Gasteiger partial charge in [-0.1, -0.05) is 0 Å². The van der Waals surface area contributed by atoms with Crippen molar-refractivity contribution in [2.24, 2.45) is 0 Å². The van der Waals surface area contributed by atoms with Crippen molar-refractivity contribution in [3.63, 3.8) is 0 Å². The molecule has 0 spiro atoms. The lowest BCUT2D eigenvalue weighted by atomic mass is 10.3. The van der Waals surface area contributed by atoms with Crippen molar-refractivity contribution in [3.05, 3.63) is 16.7 Å². The lowest BCUT2D eigenvalue weighted by molar-refractivity contribution is 0.270. The zero-order chi connectivity index (χ0) is 11.7. The predicted octanol–water partition coefficient (Wildman–Crippen LogP) is 2.16. The monoisotopic (exact) mass is 257 g/mol. The molecule has 1 unspecified atom stereocenters. The first-order valence-electron chi connectivity index (χ1n) is 4.88. The van der Waals surface area contributed by atoms with Gasteiger partial charge in [0.05, 0.1) is 18.0 Å². The molecule has 0 aliphatic heterocycles. The van der Waals surface area contributed by atoms with Crippen LogP contribution in [-0.4, -0.2) is 34.8 Å². The quantitative estimate of drug-likeness (QED) is 0.857. The first-order chi connectivity index (χ1) is 7.63. The summed E-state index contributed by atoms with van der Waals surface area (Å²) >= 11 is 7.40. The number of likely N-dealkylation sites (N-methyl/N-ethyl adjacent to an activating group) is 1. The van der Waals surface area contributed by atoms with Crippen LogP contribution in [0, 0.1) is 0 Å². The smallest absolute Gasteiger partial charge is 0.225 e. The van der Waals surface area contributed by atoms with E-state index in [0.717, 1.165) is 16.0 Å². The molecule has 0 amide bonds. The molecule has 1 N–H and O–H groups in total. The van der Waals surface area contributed by atoms with E-state index in [4.69, 9.17) is 16.7 Å². The fraction of sp³-hybridized carbons (Fsp3) is 0.400. The molecule has 0 aliphatic rings. The second-order valence-corrected chi connectivity index (χ2v) is 4.83. The van der Waals surface area contributed by atoms with E-state index >= 15 is 0 Å². The SMILES string of the molecule is CC(CO)N(C)c1nc(Cl)nc2sccc12. The van der Waals surface area contributed by atoms with Gasteiger partial charge in [0.15, 0.2) is 0 Å². The van der Waals surface area contributed by atoms with Gasteiger partial charge in [0.2, 0.25) is 5.28 Å². The maximum Gasteiger partial charge on any atom is 0.225 e. The zero-order valence-electron chi connectivity index (χ0n) is 9.01. The Morgan fingerprint density at radius 2 is 2.31 bits per heavy atom. The van der Waals surface area contributed by atoms with Gasteiger partial charge in [-0.3, -0.25) is 0 Å². The highest BCUT2D eigenvalue weighted by Gasteiger charge is 2.15. The van der Waals surface area contributed by atoms with Crippen molar-refractivity contribution in [3.8, 4) is 0 Å². The highest BCUT2D eigenvalue weighted by molar-refractivity contribution is 7.16. The third-order valence-corrected chi connectivity index (χ3v) is 3.51. The lowest BCUT2D eigenvalue weighted by Gasteiger charge is -2.24. The van der Waals surface area contributed by atoms with Crippen molar-refractivity contribution >= 4 is 39.0 Å². The summed E-state index contributed by atoms with van der Waals surface area (Å²) < 4.78 is 0. The van der Waals surface area contributed by atoms with Gasteiger partial charge in [0.1, 0.15) is 10.6 Å². The third kappa shape index (κ3) is 1.98. The highest BCUT2D eigenvalue weighted by Crippen LogP contribution is 2.29. The van der Waals surface area contributed by atoms with Gasteiger partial charge >= 0.3 is 0 Å². The van der Waals surface area contributed by atoms with Crippen LogP contribution in [0.25, 0.3) is 10.2 Å². The maximum absolute atomic E-state index is 9.14. The van der Waals surface area contributed by atoms with Crippen LogP contribution in [-0.2, 0) is 0 Å². The van der Waals surface area contributed by atoms with Crippen LogP contribution < -0.4 is 4.90 Å². The van der Waals surface area contributed by atoms with Crippen LogP contribution in [0.3, 0.4) is 0 Å². The third-order valence-electron chi connectivity index (χ3n) is 2.54. The normalized spacial score (nSPS) is 13.0. The minimum Gasteiger partial charge on any atom is -0.394 e. The summed E-state index contributed by atoms with van der Waals surface area (Å²) in [4.78, 5) is 11.1. The molecule has 1 atom stereocenters. The topological polar surface area (TPSA) is 49.2 Å². The number of nitrogens with zero attached hydrogens (tertiary/aromatic N) is 3. The second-order valence-electron chi connectivity index (χ2n) is 3.60. The summed E-state index contributed by atoms with van der Waals surface area (Å²) in [6, 6.07) is 1.96. The molecule has 2 rings (SSSR count). The molecule has 16 heavy (non-hydrogen) atoms. The molecular weight excluding hydrogens is 246 g/mol. The van der Waals surface area contributed by atoms with Crippen LogP contribution >= 0.6 is 22.9 Å². The minimum absolute atomic E-state index is 0.00549.